The van der Waals surface area contributed by atoms with Gasteiger partial charge in [-0.25, -0.2) is 13.2 Å². The van der Waals surface area contributed by atoms with Gasteiger partial charge in [0.05, 0.1) is 12.0 Å². The Labute approximate surface area is 141 Å². The quantitative estimate of drug-likeness (QED) is 0.892. The molecule has 1 amide bonds. The molecule has 0 saturated carbocycles. The zero-order valence-corrected chi connectivity index (χ0v) is 14.7. The van der Waals surface area contributed by atoms with Crippen molar-refractivity contribution in [1.82, 2.24) is 5.32 Å². The van der Waals surface area contributed by atoms with E-state index in [4.69, 9.17) is 9.15 Å². The van der Waals surface area contributed by atoms with Crippen LogP contribution in [0.3, 0.4) is 0 Å². The lowest BCUT2D eigenvalue weighted by Crippen LogP contribution is -2.38. The number of hydrogen-bond acceptors (Lipinski definition) is 5. The zero-order valence-electron chi connectivity index (χ0n) is 13.9. The van der Waals surface area contributed by atoms with Gasteiger partial charge in [0.25, 0.3) is 0 Å². The van der Waals surface area contributed by atoms with Gasteiger partial charge >= 0.3 is 6.09 Å². The molecule has 0 aliphatic heterocycles. The molecule has 0 aliphatic carbocycles. The molecule has 1 aromatic heterocycles. The molecule has 130 valence electrons. The van der Waals surface area contributed by atoms with Crippen molar-refractivity contribution in [3.63, 3.8) is 0 Å². The van der Waals surface area contributed by atoms with Crippen LogP contribution in [0.1, 0.15) is 37.5 Å². The topological polar surface area (TPSA) is 85.6 Å². The SMILES string of the molecule is CC(C)(C)OC(=O)NC(c1ccco1)S(=O)(=O)Cc1ccccc1. The third kappa shape index (κ3) is 5.13. The molecular formula is C17H21NO5S. The summed E-state index contributed by atoms with van der Waals surface area (Å²) >= 11 is 0. The summed E-state index contributed by atoms with van der Waals surface area (Å²) in [5, 5.41) is 1.08. The molecule has 1 aromatic carbocycles. The van der Waals surface area contributed by atoms with Gasteiger partial charge in [-0.1, -0.05) is 30.3 Å². The lowest BCUT2D eigenvalue weighted by atomic mass is 10.2. The van der Waals surface area contributed by atoms with Crippen LogP contribution in [0.2, 0.25) is 0 Å². The lowest BCUT2D eigenvalue weighted by molar-refractivity contribution is 0.0515. The van der Waals surface area contributed by atoms with E-state index in [2.05, 4.69) is 5.32 Å². The van der Waals surface area contributed by atoms with Crippen molar-refractivity contribution in [2.45, 2.75) is 37.5 Å². The van der Waals surface area contributed by atoms with Crippen LogP contribution in [0.25, 0.3) is 0 Å². The summed E-state index contributed by atoms with van der Waals surface area (Å²) in [6.07, 6.45) is 0.539. The second kappa shape index (κ2) is 7.09. The Hall–Kier alpha value is -2.28. The second-order valence-electron chi connectivity index (χ2n) is 6.33. The van der Waals surface area contributed by atoms with Gasteiger partial charge in [0.15, 0.2) is 15.2 Å². The smallest absolute Gasteiger partial charge is 0.409 e. The van der Waals surface area contributed by atoms with E-state index in [0.29, 0.717) is 5.56 Å². The van der Waals surface area contributed by atoms with E-state index in [1.165, 1.54) is 12.3 Å². The summed E-state index contributed by atoms with van der Waals surface area (Å²) in [6.45, 7) is 5.10. The van der Waals surface area contributed by atoms with E-state index < -0.39 is 26.9 Å². The van der Waals surface area contributed by atoms with E-state index >= 15 is 0 Å². The van der Waals surface area contributed by atoms with Crippen molar-refractivity contribution in [3.05, 3.63) is 60.1 Å². The summed E-state index contributed by atoms with van der Waals surface area (Å²) in [4.78, 5) is 12.0. The summed E-state index contributed by atoms with van der Waals surface area (Å²) in [5.74, 6) is -0.0913. The van der Waals surface area contributed by atoms with Crippen LogP contribution >= 0.6 is 0 Å². The van der Waals surface area contributed by atoms with E-state index in [1.54, 1.807) is 57.2 Å². The Morgan fingerprint density at radius 3 is 2.38 bits per heavy atom. The molecule has 0 fully saturated rings. The molecule has 0 aliphatic rings. The Bertz CT molecular complexity index is 761. The molecule has 24 heavy (non-hydrogen) atoms. The first-order valence-electron chi connectivity index (χ1n) is 7.46. The van der Waals surface area contributed by atoms with Crippen LogP contribution in [0.15, 0.2) is 53.1 Å². The monoisotopic (exact) mass is 351 g/mol. The fourth-order valence-corrected chi connectivity index (χ4v) is 3.67. The second-order valence-corrected chi connectivity index (χ2v) is 8.42. The van der Waals surface area contributed by atoms with E-state index in [-0.39, 0.29) is 11.5 Å². The highest BCUT2D eigenvalue weighted by atomic mass is 32.2. The number of carbonyl (C=O) groups is 1. The normalized spacial score (nSPS) is 13.3. The fourth-order valence-electron chi connectivity index (χ4n) is 2.08. The minimum Gasteiger partial charge on any atom is -0.466 e. The van der Waals surface area contributed by atoms with Crippen molar-refractivity contribution < 1.29 is 22.4 Å². The summed E-state index contributed by atoms with van der Waals surface area (Å²) in [5.41, 5.74) is -0.110. The summed E-state index contributed by atoms with van der Waals surface area (Å²) in [7, 11) is -3.75. The number of ether oxygens (including phenoxy) is 1. The van der Waals surface area contributed by atoms with E-state index in [1.807, 2.05) is 0 Å². The first kappa shape index (κ1) is 18.1. The van der Waals surface area contributed by atoms with Crippen molar-refractivity contribution in [2.75, 3.05) is 0 Å². The van der Waals surface area contributed by atoms with Crippen LogP contribution in [0.5, 0.6) is 0 Å². The fraction of sp³-hybridized carbons (Fsp3) is 0.353. The first-order chi connectivity index (χ1) is 11.2. The van der Waals surface area contributed by atoms with Crippen LogP contribution in [-0.4, -0.2) is 20.1 Å². The van der Waals surface area contributed by atoms with Gasteiger partial charge in [0, 0.05) is 0 Å². The minimum atomic E-state index is -3.75. The average molecular weight is 351 g/mol. The van der Waals surface area contributed by atoms with Crippen LogP contribution in [-0.2, 0) is 20.3 Å². The van der Waals surface area contributed by atoms with Gasteiger partial charge < -0.3 is 9.15 Å². The Kier molecular flexibility index (Phi) is 5.33. The standard InChI is InChI=1S/C17H21NO5S/c1-17(2,3)23-16(19)18-15(14-10-7-11-22-14)24(20,21)12-13-8-5-4-6-9-13/h4-11,15H,12H2,1-3H3,(H,18,19). The maximum absolute atomic E-state index is 12.8. The highest BCUT2D eigenvalue weighted by molar-refractivity contribution is 7.90. The first-order valence-corrected chi connectivity index (χ1v) is 9.17. The molecule has 0 radical (unpaired) electrons. The highest BCUT2D eigenvalue weighted by Crippen LogP contribution is 2.24. The third-order valence-corrected chi connectivity index (χ3v) is 4.82. The minimum absolute atomic E-state index is 0.136. The molecule has 6 nitrogen and oxygen atoms in total. The molecule has 2 rings (SSSR count). The number of furan rings is 1. The van der Waals surface area contributed by atoms with Crippen molar-refractivity contribution in [2.24, 2.45) is 0 Å². The molecular weight excluding hydrogens is 330 g/mol. The zero-order chi connectivity index (χ0) is 17.8. The largest absolute Gasteiger partial charge is 0.466 e. The molecule has 1 atom stereocenters. The number of hydrogen-bond donors (Lipinski definition) is 1. The molecule has 1 heterocycles. The number of nitrogens with one attached hydrogen (secondary N) is 1. The molecule has 7 heteroatoms. The molecule has 0 bridgehead atoms. The van der Waals surface area contributed by atoms with Crippen molar-refractivity contribution >= 4 is 15.9 Å². The maximum atomic E-state index is 12.8. The molecule has 1 unspecified atom stereocenters. The molecule has 0 saturated heterocycles. The van der Waals surface area contributed by atoms with Crippen LogP contribution < -0.4 is 5.32 Å². The maximum Gasteiger partial charge on any atom is 0.409 e. The number of amides is 1. The number of alkyl carbamates (subject to hydrolysis) is 1. The average Bonchev–Trinajstić information content (AvgIpc) is 2.97. The highest BCUT2D eigenvalue weighted by Gasteiger charge is 2.33. The van der Waals surface area contributed by atoms with Crippen LogP contribution in [0, 0.1) is 0 Å². The van der Waals surface area contributed by atoms with E-state index in [0.717, 1.165) is 0 Å². The predicted molar refractivity (Wildman–Crippen MR) is 89.9 cm³/mol. The van der Waals surface area contributed by atoms with E-state index in [9.17, 15) is 13.2 Å². The number of carbonyl (C=O) groups excluding carboxylic acids is 1. The molecule has 0 spiro atoms. The third-order valence-electron chi connectivity index (χ3n) is 3.02. The number of rotatable bonds is 5. The summed E-state index contributed by atoms with van der Waals surface area (Å²) in [6, 6.07) is 11.8. The van der Waals surface area contributed by atoms with Crippen molar-refractivity contribution in [3.8, 4) is 0 Å². The van der Waals surface area contributed by atoms with Gasteiger partial charge in [-0.05, 0) is 38.5 Å². The van der Waals surface area contributed by atoms with Gasteiger partial charge in [0.1, 0.15) is 11.4 Å². The molecule has 2 aromatic rings. The number of benzene rings is 1. The lowest BCUT2D eigenvalue weighted by Gasteiger charge is -2.23. The number of sulfone groups is 1. The van der Waals surface area contributed by atoms with Gasteiger partial charge in [0.2, 0.25) is 0 Å². The summed E-state index contributed by atoms with van der Waals surface area (Å²) < 4.78 is 35.9. The van der Waals surface area contributed by atoms with Gasteiger partial charge in [-0.2, -0.15) is 0 Å². The Morgan fingerprint density at radius 1 is 1.17 bits per heavy atom. The Balaban J connectivity index is 2.24. The van der Waals surface area contributed by atoms with Gasteiger partial charge in [-0.15, -0.1) is 0 Å². The van der Waals surface area contributed by atoms with Crippen LogP contribution in [0.4, 0.5) is 4.79 Å². The Morgan fingerprint density at radius 2 is 1.83 bits per heavy atom. The van der Waals surface area contributed by atoms with Crippen molar-refractivity contribution in [1.29, 1.82) is 0 Å². The van der Waals surface area contributed by atoms with Gasteiger partial charge in [-0.3, -0.25) is 5.32 Å². The molecule has 1 N–H and O–H groups in total. The predicted octanol–water partition coefficient (Wildman–Crippen LogP) is 3.42.